The maximum atomic E-state index is 13.2. The Morgan fingerprint density at radius 1 is 1.10 bits per heavy atom. The van der Waals surface area contributed by atoms with E-state index in [0.717, 1.165) is 24.5 Å². The number of rotatable bonds is 4. The summed E-state index contributed by atoms with van der Waals surface area (Å²) in [4.78, 5) is 0. The molecule has 0 aromatic heterocycles. The normalized spacial score (nSPS) is 18.2. The molecule has 2 unspecified atom stereocenters. The van der Waals surface area contributed by atoms with E-state index in [1.165, 1.54) is 17.2 Å². The van der Waals surface area contributed by atoms with Crippen LogP contribution in [0, 0.1) is 11.6 Å². The largest absolute Gasteiger partial charge is 0.327 e. The molecule has 0 radical (unpaired) electrons. The molecule has 104 valence electrons. The second kappa shape index (κ2) is 5.33. The highest BCUT2D eigenvalue weighted by molar-refractivity contribution is 5.40. The van der Waals surface area contributed by atoms with Crippen molar-refractivity contribution in [3.63, 3.8) is 0 Å². The molecule has 1 aliphatic carbocycles. The summed E-state index contributed by atoms with van der Waals surface area (Å²) in [5, 5.41) is 0. The average molecular weight is 273 g/mol. The molecule has 0 fully saturated rings. The molecule has 2 aromatic carbocycles. The molecule has 3 rings (SSSR count). The fraction of sp³-hybridized carbons (Fsp3) is 0.294. The first kappa shape index (κ1) is 13.3. The lowest BCUT2D eigenvalue weighted by Gasteiger charge is -2.32. The molecular formula is C17H17F2N. The molecule has 0 bridgehead atoms. The number of hydrogen-bond donors (Lipinski definition) is 1. The summed E-state index contributed by atoms with van der Waals surface area (Å²) in [5.41, 5.74) is 9.68. The summed E-state index contributed by atoms with van der Waals surface area (Å²) in [6, 6.07) is 12.4. The van der Waals surface area contributed by atoms with Gasteiger partial charge in [-0.1, -0.05) is 30.3 Å². The zero-order chi connectivity index (χ0) is 14.1. The Morgan fingerprint density at radius 2 is 1.90 bits per heavy atom. The first-order chi connectivity index (χ1) is 9.63. The Kier molecular flexibility index (Phi) is 3.53. The van der Waals surface area contributed by atoms with E-state index in [0.29, 0.717) is 12.3 Å². The summed E-state index contributed by atoms with van der Waals surface area (Å²) >= 11 is 0. The topological polar surface area (TPSA) is 26.0 Å². The fourth-order valence-electron chi connectivity index (χ4n) is 2.99. The number of benzene rings is 2. The maximum absolute atomic E-state index is 13.2. The van der Waals surface area contributed by atoms with E-state index in [1.807, 2.05) is 6.07 Å². The van der Waals surface area contributed by atoms with E-state index in [9.17, 15) is 8.78 Å². The number of hydrogen-bond acceptors (Lipinski definition) is 1. The Bertz CT molecular complexity index is 624. The van der Waals surface area contributed by atoms with Crippen LogP contribution >= 0.6 is 0 Å². The lowest BCUT2D eigenvalue weighted by atomic mass is 9.74. The minimum absolute atomic E-state index is 0.0294. The molecule has 2 aromatic rings. The molecule has 2 N–H and O–H groups in total. The van der Waals surface area contributed by atoms with E-state index in [-0.39, 0.29) is 6.04 Å². The molecule has 0 saturated heterocycles. The zero-order valence-electron chi connectivity index (χ0n) is 11.2. The number of fused-ring (bicyclic) bond motifs is 1. The second-order valence-corrected chi connectivity index (χ2v) is 5.55. The Hall–Kier alpha value is -1.74. The van der Waals surface area contributed by atoms with Crippen molar-refractivity contribution in [3.8, 4) is 0 Å². The lowest BCUT2D eigenvalue weighted by Crippen LogP contribution is -2.29. The van der Waals surface area contributed by atoms with Crippen molar-refractivity contribution >= 4 is 0 Å². The van der Waals surface area contributed by atoms with Crippen molar-refractivity contribution in [2.45, 2.75) is 31.2 Å². The van der Waals surface area contributed by atoms with Gasteiger partial charge in [0.1, 0.15) is 0 Å². The van der Waals surface area contributed by atoms with Crippen molar-refractivity contribution < 1.29 is 8.78 Å². The lowest BCUT2D eigenvalue weighted by molar-refractivity contribution is 0.480. The van der Waals surface area contributed by atoms with Gasteiger partial charge in [-0.3, -0.25) is 0 Å². The monoisotopic (exact) mass is 273 g/mol. The van der Waals surface area contributed by atoms with Gasteiger partial charge >= 0.3 is 0 Å². The van der Waals surface area contributed by atoms with Crippen LogP contribution in [0.3, 0.4) is 0 Å². The third-order valence-corrected chi connectivity index (χ3v) is 4.03. The molecule has 0 amide bonds. The van der Waals surface area contributed by atoms with Crippen LogP contribution < -0.4 is 5.73 Å². The summed E-state index contributed by atoms with van der Waals surface area (Å²) < 4.78 is 26.0. The Labute approximate surface area is 117 Å². The van der Waals surface area contributed by atoms with E-state index >= 15 is 0 Å². The molecule has 0 aliphatic heterocycles. The molecule has 2 atom stereocenters. The number of halogens is 2. The quantitative estimate of drug-likeness (QED) is 0.905. The molecule has 3 heteroatoms. The van der Waals surface area contributed by atoms with E-state index in [1.54, 1.807) is 6.07 Å². The minimum atomic E-state index is -0.810. The Balaban J connectivity index is 1.61. The molecular weight excluding hydrogens is 256 g/mol. The van der Waals surface area contributed by atoms with Gasteiger partial charge in [-0.25, -0.2) is 8.78 Å². The van der Waals surface area contributed by atoms with Crippen LogP contribution in [-0.2, 0) is 12.8 Å². The summed E-state index contributed by atoms with van der Waals surface area (Å²) in [6.45, 7) is 0. The van der Waals surface area contributed by atoms with Crippen LogP contribution in [-0.4, -0.2) is 6.04 Å². The SMILES string of the molecule is NC(Cc1ccc(F)c(F)c1)CC1Cc2ccccc21. The highest BCUT2D eigenvalue weighted by Gasteiger charge is 2.26. The highest BCUT2D eigenvalue weighted by atomic mass is 19.2. The molecule has 1 aliphatic rings. The van der Waals surface area contributed by atoms with Crippen LogP contribution in [0.1, 0.15) is 29.0 Å². The van der Waals surface area contributed by atoms with Gasteiger partial charge in [0, 0.05) is 6.04 Å². The van der Waals surface area contributed by atoms with Gasteiger partial charge in [-0.05, 0) is 54.0 Å². The molecule has 0 spiro atoms. The van der Waals surface area contributed by atoms with Crippen molar-refractivity contribution in [3.05, 3.63) is 70.8 Å². The van der Waals surface area contributed by atoms with Gasteiger partial charge < -0.3 is 5.73 Å². The van der Waals surface area contributed by atoms with Crippen molar-refractivity contribution in [2.75, 3.05) is 0 Å². The van der Waals surface area contributed by atoms with Gasteiger partial charge in [0.05, 0.1) is 0 Å². The van der Waals surface area contributed by atoms with Crippen LogP contribution in [0.15, 0.2) is 42.5 Å². The highest BCUT2D eigenvalue weighted by Crippen LogP contribution is 2.38. The van der Waals surface area contributed by atoms with Gasteiger partial charge in [0.15, 0.2) is 11.6 Å². The van der Waals surface area contributed by atoms with Crippen molar-refractivity contribution in [1.29, 1.82) is 0 Å². The fourth-order valence-corrected chi connectivity index (χ4v) is 2.99. The van der Waals surface area contributed by atoms with Crippen LogP contribution in [0.25, 0.3) is 0 Å². The van der Waals surface area contributed by atoms with Crippen molar-refractivity contribution in [1.82, 2.24) is 0 Å². The molecule has 20 heavy (non-hydrogen) atoms. The first-order valence-electron chi connectivity index (χ1n) is 6.91. The van der Waals surface area contributed by atoms with Crippen LogP contribution in [0.4, 0.5) is 8.78 Å². The van der Waals surface area contributed by atoms with E-state index in [4.69, 9.17) is 5.73 Å². The van der Waals surface area contributed by atoms with Crippen LogP contribution in [0.5, 0.6) is 0 Å². The summed E-state index contributed by atoms with van der Waals surface area (Å²) in [6.07, 6.45) is 2.54. The third-order valence-electron chi connectivity index (χ3n) is 4.03. The standard InChI is InChI=1S/C17H17F2N/c18-16-6-5-11(8-17(16)19)7-14(20)10-13-9-12-3-1-2-4-15(12)13/h1-6,8,13-14H,7,9-10,20H2. The smallest absolute Gasteiger partial charge is 0.159 e. The zero-order valence-corrected chi connectivity index (χ0v) is 11.2. The Morgan fingerprint density at radius 3 is 2.65 bits per heavy atom. The molecule has 0 heterocycles. The minimum Gasteiger partial charge on any atom is -0.327 e. The predicted molar refractivity (Wildman–Crippen MR) is 75.5 cm³/mol. The van der Waals surface area contributed by atoms with Crippen molar-refractivity contribution in [2.24, 2.45) is 5.73 Å². The molecule has 1 nitrogen and oxygen atoms in total. The van der Waals surface area contributed by atoms with E-state index < -0.39 is 11.6 Å². The van der Waals surface area contributed by atoms with Gasteiger partial charge in [-0.15, -0.1) is 0 Å². The third kappa shape index (κ3) is 2.59. The molecule has 0 saturated carbocycles. The van der Waals surface area contributed by atoms with Gasteiger partial charge in [0.2, 0.25) is 0 Å². The second-order valence-electron chi connectivity index (χ2n) is 5.55. The van der Waals surface area contributed by atoms with Gasteiger partial charge in [0.25, 0.3) is 0 Å². The maximum Gasteiger partial charge on any atom is 0.159 e. The first-order valence-corrected chi connectivity index (χ1v) is 6.91. The van der Waals surface area contributed by atoms with Gasteiger partial charge in [-0.2, -0.15) is 0 Å². The summed E-state index contributed by atoms with van der Waals surface area (Å²) in [7, 11) is 0. The average Bonchev–Trinajstić information content (AvgIpc) is 2.40. The summed E-state index contributed by atoms with van der Waals surface area (Å²) in [5.74, 6) is -1.11. The predicted octanol–water partition coefficient (Wildman–Crippen LogP) is 3.56. The van der Waals surface area contributed by atoms with Crippen LogP contribution in [0.2, 0.25) is 0 Å². The van der Waals surface area contributed by atoms with E-state index in [2.05, 4.69) is 18.2 Å². The number of nitrogens with two attached hydrogens (primary N) is 1.